The lowest BCUT2D eigenvalue weighted by molar-refractivity contribution is 0.566. The van der Waals surface area contributed by atoms with E-state index in [4.69, 9.17) is 0 Å². The molecule has 112 valence electrons. The summed E-state index contributed by atoms with van der Waals surface area (Å²) in [7, 11) is -0.909. The van der Waals surface area contributed by atoms with Gasteiger partial charge in [-0.25, -0.2) is 8.78 Å². The van der Waals surface area contributed by atoms with E-state index in [1.807, 2.05) is 24.3 Å². The Hall–Kier alpha value is -1.75. The fourth-order valence-electron chi connectivity index (χ4n) is 2.17. The van der Waals surface area contributed by atoms with Gasteiger partial charge in [0.1, 0.15) is 11.6 Å². The predicted octanol–water partition coefficient (Wildman–Crippen LogP) is 4.02. The summed E-state index contributed by atoms with van der Waals surface area (Å²) in [6.45, 7) is 1.81. The zero-order chi connectivity index (χ0) is 15.4. The first-order valence-electron chi connectivity index (χ1n) is 6.56. The van der Waals surface area contributed by atoms with E-state index >= 15 is 0 Å². The molecule has 0 fully saturated rings. The van der Waals surface area contributed by atoms with Crippen molar-refractivity contribution in [1.82, 2.24) is 0 Å². The molecule has 2 aromatic carbocycles. The van der Waals surface area contributed by atoms with Crippen LogP contribution in [-0.2, 0) is 16.6 Å². The second-order valence-corrected chi connectivity index (χ2v) is 6.38. The molecule has 0 radical (unpaired) electrons. The number of nitrogens with one attached hydrogen (secondary N) is 1. The van der Waals surface area contributed by atoms with Gasteiger partial charge in [0.15, 0.2) is 0 Å². The Morgan fingerprint density at radius 3 is 2.62 bits per heavy atom. The molecular weight excluding hydrogens is 292 g/mol. The van der Waals surface area contributed by atoms with Gasteiger partial charge in [0.25, 0.3) is 0 Å². The molecule has 0 heterocycles. The van der Waals surface area contributed by atoms with Crippen molar-refractivity contribution in [3.8, 4) is 0 Å². The summed E-state index contributed by atoms with van der Waals surface area (Å²) in [5.74, 6) is -0.675. The number of anilines is 1. The third-order valence-corrected chi connectivity index (χ3v) is 3.85. The van der Waals surface area contributed by atoms with E-state index in [9.17, 15) is 13.0 Å². The van der Waals surface area contributed by atoms with Crippen LogP contribution in [0.2, 0.25) is 0 Å². The molecule has 2 nitrogen and oxygen atoms in total. The molecule has 21 heavy (non-hydrogen) atoms. The molecule has 2 atom stereocenters. The molecule has 0 bridgehead atoms. The molecule has 0 aliphatic carbocycles. The smallest absolute Gasteiger partial charge is 0.131 e. The van der Waals surface area contributed by atoms with Gasteiger partial charge in [-0.15, -0.1) is 0 Å². The zero-order valence-corrected chi connectivity index (χ0v) is 12.7. The highest BCUT2D eigenvalue weighted by Gasteiger charge is 2.11. The summed E-state index contributed by atoms with van der Waals surface area (Å²) in [5.41, 5.74) is 2.17. The van der Waals surface area contributed by atoms with Crippen molar-refractivity contribution in [3.05, 3.63) is 65.2 Å². The third kappa shape index (κ3) is 4.36. The maximum Gasteiger partial charge on any atom is 0.131 e. The quantitative estimate of drug-likeness (QED) is 0.904. The number of halogens is 2. The van der Waals surface area contributed by atoms with Crippen LogP contribution in [-0.4, -0.2) is 10.5 Å². The lowest BCUT2D eigenvalue weighted by atomic mass is 10.1. The van der Waals surface area contributed by atoms with Gasteiger partial charge in [-0.1, -0.05) is 18.2 Å². The molecule has 1 N–H and O–H groups in total. The molecule has 5 heteroatoms. The predicted molar refractivity (Wildman–Crippen MR) is 82.6 cm³/mol. The molecule has 0 saturated heterocycles. The summed E-state index contributed by atoms with van der Waals surface area (Å²) < 4.78 is 37.9. The monoisotopic (exact) mass is 309 g/mol. The van der Waals surface area contributed by atoms with Gasteiger partial charge in [-0.2, -0.15) is 0 Å². The largest absolute Gasteiger partial charge is 0.378 e. The Morgan fingerprint density at radius 2 is 1.95 bits per heavy atom. The summed E-state index contributed by atoms with van der Waals surface area (Å²) >= 11 is 0. The minimum atomic E-state index is -0.909. The maximum atomic E-state index is 13.7. The summed E-state index contributed by atoms with van der Waals surface area (Å²) in [4.78, 5) is 0. The van der Waals surface area contributed by atoms with Gasteiger partial charge in [0, 0.05) is 40.1 Å². The molecule has 0 amide bonds. The molecule has 2 rings (SSSR count). The van der Waals surface area contributed by atoms with Gasteiger partial charge in [0.05, 0.1) is 6.04 Å². The molecule has 2 aromatic rings. The van der Waals surface area contributed by atoms with E-state index < -0.39 is 22.4 Å². The number of benzene rings is 2. The Morgan fingerprint density at radius 1 is 1.19 bits per heavy atom. The standard InChI is InChI=1S/C16H17F2NOS/c1-11(15-7-6-13(17)9-16(15)18)19-14-5-3-4-12(8-14)10-21(2)20/h3-9,11,19H,10H2,1-2H3/t11-,21-/m1/s1. The van der Waals surface area contributed by atoms with E-state index in [1.54, 1.807) is 13.2 Å². The Balaban J connectivity index is 2.15. The van der Waals surface area contributed by atoms with Gasteiger partial charge in [-0.3, -0.25) is 4.21 Å². The van der Waals surface area contributed by atoms with Crippen molar-refractivity contribution in [2.75, 3.05) is 11.6 Å². The molecule has 0 aromatic heterocycles. The van der Waals surface area contributed by atoms with Crippen LogP contribution in [0.5, 0.6) is 0 Å². The van der Waals surface area contributed by atoms with Crippen LogP contribution in [0.15, 0.2) is 42.5 Å². The molecule has 0 aliphatic heterocycles. The molecule has 0 aliphatic rings. The molecule has 0 spiro atoms. The topological polar surface area (TPSA) is 29.1 Å². The fraction of sp³-hybridized carbons (Fsp3) is 0.250. The van der Waals surface area contributed by atoms with E-state index in [2.05, 4.69) is 5.32 Å². The first-order valence-corrected chi connectivity index (χ1v) is 8.29. The van der Waals surface area contributed by atoms with Crippen LogP contribution in [0.25, 0.3) is 0 Å². The summed E-state index contributed by atoms with van der Waals surface area (Å²) in [5, 5.41) is 3.17. The maximum absolute atomic E-state index is 13.7. The Bertz CT molecular complexity index is 660. The fourth-order valence-corrected chi connectivity index (χ4v) is 2.82. The average Bonchev–Trinajstić information content (AvgIpc) is 2.37. The van der Waals surface area contributed by atoms with Crippen LogP contribution in [0, 0.1) is 11.6 Å². The number of rotatable bonds is 5. The van der Waals surface area contributed by atoms with Crippen molar-refractivity contribution in [1.29, 1.82) is 0 Å². The highest BCUT2D eigenvalue weighted by atomic mass is 32.2. The first-order chi connectivity index (χ1) is 9.95. The van der Waals surface area contributed by atoms with Gasteiger partial charge >= 0.3 is 0 Å². The van der Waals surface area contributed by atoms with E-state index in [1.165, 1.54) is 12.1 Å². The van der Waals surface area contributed by atoms with Crippen molar-refractivity contribution >= 4 is 16.5 Å². The lowest BCUT2D eigenvalue weighted by Gasteiger charge is -2.17. The van der Waals surface area contributed by atoms with E-state index in [-0.39, 0.29) is 6.04 Å². The minimum Gasteiger partial charge on any atom is -0.378 e. The first kappa shape index (κ1) is 15.6. The van der Waals surface area contributed by atoms with Crippen molar-refractivity contribution < 1.29 is 13.0 Å². The average molecular weight is 309 g/mol. The van der Waals surface area contributed by atoms with Crippen molar-refractivity contribution in [2.24, 2.45) is 0 Å². The highest BCUT2D eigenvalue weighted by molar-refractivity contribution is 7.83. The molecular formula is C16H17F2NOS. The summed E-state index contributed by atoms with van der Waals surface area (Å²) in [6.07, 6.45) is 1.65. The minimum absolute atomic E-state index is 0.298. The zero-order valence-electron chi connectivity index (χ0n) is 11.9. The third-order valence-electron chi connectivity index (χ3n) is 3.11. The van der Waals surface area contributed by atoms with Crippen LogP contribution in [0.1, 0.15) is 24.1 Å². The van der Waals surface area contributed by atoms with Gasteiger partial charge in [-0.05, 0) is 30.7 Å². The van der Waals surface area contributed by atoms with Gasteiger partial charge in [0.2, 0.25) is 0 Å². The molecule has 0 saturated carbocycles. The highest BCUT2D eigenvalue weighted by Crippen LogP contribution is 2.23. The SMILES string of the molecule is C[C@@H](Nc1cccc(C[S@@](C)=O)c1)c1ccc(F)cc1F. The Kier molecular flexibility index (Phi) is 5.07. The van der Waals surface area contributed by atoms with Gasteiger partial charge < -0.3 is 5.32 Å². The van der Waals surface area contributed by atoms with E-state index in [0.717, 1.165) is 17.3 Å². The second kappa shape index (κ2) is 6.80. The Labute approximate surface area is 125 Å². The van der Waals surface area contributed by atoms with E-state index in [0.29, 0.717) is 11.3 Å². The van der Waals surface area contributed by atoms with Crippen LogP contribution < -0.4 is 5.32 Å². The lowest BCUT2D eigenvalue weighted by Crippen LogP contribution is -2.09. The van der Waals surface area contributed by atoms with Crippen LogP contribution >= 0.6 is 0 Å². The van der Waals surface area contributed by atoms with Crippen LogP contribution in [0.3, 0.4) is 0 Å². The number of hydrogen-bond donors (Lipinski definition) is 1. The normalized spacial score (nSPS) is 13.7. The summed E-state index contributed by atoms with van der Waals surface area (Å²) in [6, 6.07) is 10.8. The molecule has 0 unspecified atom stereocenters. The second-order valence-electron chi connectivity index (χ2n) is 4.95. The van der Waals surface area contributed by atoms with Crippen molar-refractivity contribution in [3.63, 3.8) is 0 Å². The van der Waals surface area contributed by atoms with Crippen molar-refractivity contribution in [2.45, 2.75) is 18.7 Å². The van der Waals surface area contributed by atoms with Crippen LogP contribution in [0.4, 0.5) is 14.5 Å². The number of hydrogen-bond acceptors (Lipinski definition) is 2.